The molecule has 1 saturated heterocycles. The van der Waals surface area contributed by atoms with Crippen molar-refractivity contribution in [3.05, 3.63) is 28.3 Å². The predicted octanol–water partition coefficient (Wildman–Crippen LogP) is 1.78. The largest absolute Gasteiger partial charge is 0.398 e. The van der Waals surface area contributed by atoms with Crippen LogP contribution in [0.4, 0.5) is 17.1 Å². The third-order valence-corrected chi connectivity index (χ3v) is 3.56. The maximum absolute atomic E-state index is 10.9. The molecule has 0 saturated carbocycles. The first-order valence-corrected chi connectivity index (χ1v) is 6.51. The molecule has 1 fully saturated rings. The van der Waals surface area contributed by atoms with Crippen molar-refractivity contribution >= 4 is 17.1 Å². The molecular weight excluding hydrogens is 246 g/mol. The summed E-state index contributed by atoms with van der Waals surface area (Å²) in [6.07, 6.45) is 2.91. The summed E-state index contributed by atoms with van der Waals surface area (Å²) in [5.41, 5.74) is 6.96. The molecular formula is C13H19N3O3. The van der Waals surface area contributed by atoms with Crippen LogP contribution in [0.3, 0.4) is 0 Å². The number of rotatable bonds is 4. The van der Waals surface area contributed by atoms with E-state index >= 15 is 0 Å². The minimum Gasteiger partial charge on any atom is -0.398 e. The number of hydrogen-bond acceptors (Lipinski definition) is 5. The number of nitro benzene ring substituents is 1. The third-order valence-electron chi connectivity index (χ3n) is 3.56. The Morgan fingerprint density at radius 1 is 1.47 bits per heavy atom. The summed E-state index contributed by atoms with van der Waals surface area (Å²) < 4.78 is 0. The van der Waals surface area contributed by atoms with Crippen LogP contribution < -0.4 is 10.6 Å². The molecule has 3 N–H and O–H groups in total. The highest BCUT2D eigenvalue weighted by molar-refractivity contribution is 5.62. The van der Waals surface area contributed by atoms with E-state index in [2.05, 4.69) is 4.90 Å². The lowest BCUT2D eigenvalue weighted by atomic mass is 9.94. The van der Waals surface area contributed by atoms with Gasteiger partial charge in [-0.25, -0.2) is 0 Å². The lowest BCUT2D eigenvalue weighted by molar-refractivity contribution is -0.384. The Labute approximate surface area is 112 Å². The summed E-state index contributed by atoms with van der Waals surface area (Å²) in [4.78, 5) is 12.6. The molecule has 104 valence electrons. The zero-order valence-corrected chi connectivity index (χ0v) is 10.8. The van der Waals surface area contributed by atoms with Crippen LogP contribution in [-0.2, 0) is 0 Å². The maximum atomic E-state index is 10.9. The van der Waals surface area contributed by atoms with Gasteiger partial charge in [-0.15, -0.1) is 0 Å². The molecule has 2 rings (SSSR count). The number of anilines is 2. The van der Waals surface area contributed by atoms with Gasteiger partial charge in [0.25, 0.3) is 5.69 Å². The molecule has 1 aromatic rings. The first-order valence-electron chi connectivity index (χ1n) is 6.51. The molecule has 1 aromatic carbocycles. The van der Waals surface area contributed by atoms with Crippen molar-refractivity contribution in [2.75, 3.05) is 30.3 Å². The SMILES string of the molecule is Nc1cc(N2CCCC(CCO)C2)cc([N+](=O)[O-])c1. The molecule has 1 unspecified atom stereocenters. The van der Waals surface area contributed by atoms with Crippen LogP contribution in [0.15, 0.2) is 18.2 Å². The highest BCUT2D eigenvalue weighted by Crippen LogP contribution is 2.29. The van der Waals surface area contributed by atoms with Gasteiger partial charge in [-0.3, -0.25) is 10.1 Å². The molecule has 1 aliphatic rings. The molecule has 0 radical (unpaired) electrons. The molecule has 0 aliphatic carbocycles. The lowest BCUT2D eigenvalue weighted by Crippen LogP contribution is -2.35. The summed E-state index contributed by atoms with van der Waals surface area (Å²) in [6, 6.07) is 4.71. The van der Waals surface area contributed by atoms with Gasteiger partial charge in [0.2, 0.25) is 0 Å². The van der Waals surface area contributed by atoms with Crippen LogP contribution in [0.5, 0.6) is 0 Å². The normalized spacial score (nSPS) is 19.4. The fourth-order valence-corrected chi connectivity index (χ4v) is 2.62. The Morgan fingerprint density at radius 2 is 2.26 bits per heavy atom. The second-order valence-corrected chi connectivity index (χ2v) is 5.01. The van der Waals surface area contributed by atoms with E-state index < -0.39 is 4.92 Å². The predicted molar refractivity (Wildman–Crippen MR) is 74.1 cm³/mol. The lowest BCUT2D eigenvalue weighted by Gasteiger charge is -2.34. The van der Waals surface area contributed by atoms with Gasteiger partial charge >= 0.3 is 0 Å². The molecule has 6 nitrogen and oxygen atoms in total. The van der Waals surface area contributed by atoms with Crippen LogP contribution in [0.25, 0.3) is 0 Å². The molecule has 0 amide bonds. The van der Waals surface area contributed by atoms with E-state index in [0.29, 0.717) is 11.6 Å². The highest BCUT2D eigenvalue weighted by atomic mass is 16.6. The molecule has 0 aromatic heterocycles. The monoisotopic (exact) mass is 265 g/mol. The van der Waals surface area contributed by atoms with Crippen molar-refractivity contribution in [2.24, 2.45) is 5.92 Å². The number of nitro groups is 1. The van der Waals surface area contributed by atoms with Crippen molar-refractivity contribution in [3.8, 4) is 0 Å². The number of hydrogen-bond donors (Lipinski definition) is 2. The van der Waals surface area contributed by atoms with Gasteiger partial charge in [-0.2, -0.15) is 0 Å². The number of aliphatic hydroxyl groups is 1. The van der Waals surface area contributed by atoms with Gasteiger partial charge in [0.05, 0.1) is 4.92 Å². The van der Waals surface area contributed by atoms with E-state index in [9.17, 15) is 10.1 Å². The van der Waals surface area contributed by atoms with E-state index in [1.54, 1.807) is 12.1 Å². The first kappa shape index (κ1) is 13.6. The first-order chi connectivity index (χ1) is 9.10. The third kappa shape index (κ3) is 3.35. The molecule has 1 heterocycles. The van der Waals surface area contributed by atoms with Gasteiger partial charge in [0.15, 0.2) is 0 Å². The van der Waals surface area contributed by atoms with Gasteiger partial charge in [0, 0.05) is 43.2 Å². The van der Waals surface area contributed by atoms with Gasteiger partial charge < -0.3 is 15.7 Å². The smallest absolute Gasteiger partial charge is 0.273 e. The summed E-state index contributed by atoms with van der Waals surface area (Å²) in [5.74, 6) is 0.444. The number of piperidine rings is 1. The summed E-state index contributed by atoms with van der Waals surface area (Å²) in [6.45, 7) is 1.89. The summed E-state index contributed by atoms with van der Waals surface area (Å²) in [5, 5.41) is 19.9. The van der Waals surface area contributed by atoms with Crippen LogP contribution in [-0.4, -0.2) is 29.7 Å². The van der Waals surface area contributed by atoms with Gasteiger partial charge in [-0.05, 0) is 31.2 Å². The van der Waals surface area contributed by atoms with E-state index in [-0.39, 0.29) is 12.3 Å². The summed E-state index contributed by atoms with van der Waals surface area (Å²) >= 11 is 0. The van der Waals surface area contributed by atoms with Crippen molar-refractivity contribution in [2.45, 2.75) is 19.3 Å². The minimum atomic E-state index is -0.422. The number of nitrogens with two attached hydrogens (primary N) is 1. The minimum absolute atomic E-state index is 0.0271. The molecule has 0 bridgehead atoms. The second-order valence-electron chi connectivity index (χ2n) is 5.01. The van der Waals surface area contributed by atoms with Crippen molar-refractivity contribution in [3.63, 3.8) is 0 Å². The maximum Gasteiger partial charge on any atom is 0.273 e. The Balaban J connectivity index is 2.18. The van der Waals surface area contributed by atoms with Crippen molar-refractivity contribution in [1.29, 1.82) is 0 Å². The van der Waals surface area contributed by atoms with E-state index in [4.69, 9.17) is 10.8 Å². The molecule has 1 atom stereocenters. The van der Waals surface area contributed by atoms with Crippen LogP contribution in [0.2, 0.25) is 0 Å². The van der Waals surface area contributed by atoms with Gasteiger partial charge in [-0.1, -0.05) is 0 Å². The Bertz CT molecular complexity index is 462. The molecule has 19 heavy (non-hydrogen) atoms. The number of non-ortho nitro benzene ring substituents is 1. The molecule has 1 aliphatic heterocycles. The quantitative estimate of drug-likeness (QED) is 0.491. The number of nitrogen functional groups attached to an aromatic ring is 1. The fraction of sp³-hybridized carbons (Fsp3) is 0.538. The average Bonchev–Trinajstić information content (AvgIpc) is 2.38. The Hall–Kier alpha value is -1.82. The highest BCUT2D eigenvalue weighted by Gasteiger charge is 2.21. The van der Waals surface area contributed by atoms with E-state index in [1.807, 2.05) is 0 Å². The number of nitrogens with zero attached hydrogens (tertiary/aromatic N) is 2. The standard InChI is InChI=1S/C13H19N3O3/c14-11-6-12(8-13(7-11)16(18)19)15-4-1-2-10(9-15)3-5-17/h6-8,10,17H,1-5,9,14H2. The topological polar surface area (TPSA) is 92.6 Å². The second kappa shape index (κ2) is 5.88. The molecule has 6 heteroatoms. The zero-order chi connectivity index (χ0) is 13.8. The Morgan fingerprint density at radius 3 is 2.95 bits per heavy atom. The van der Waals surface area contributed by atoms with Crippen molar-refractivity contribution in [1.82, 2.24) is 0 Å². The number of benzene rings is 1. The fourth-order valence-electron chi connectivity index (χ4n) is 2.62. The molecule has 0 spiro atoms. The number of aliphatic hydroxyl groups excluding tert-OH is 1. The summed E-state index contributed by atoms with van der Waals surface area (Å²) in [7, 11) is 0. The van der Waals surface area contributed by atoms with Gasteiger partial charge in [0.1, 0.15) is 0 Å². The average molecular weight is 265 g/mol. The van der Waals surface area contributed by atoms with Crippen LogP contribution in [0.1, 0.15) is 19.3 Å². The van der Waals surface area contributed by atoms with E-state index in [1.165, 1.54) is 6.07 Å². The van der Waals surface area contributed by atoms with Crippen molar-refractivity contribution < 1.29 is 10.0 Å². The Kier molecular flexibility index (Phi) is 4.21. The zero-order valence-electron chi connectivity index (χ0n) is 10.8. The van der Waals surface area contributed by atoms with Crippen LogP contribution >= 0.6 is 0 Å². The van der Waals surface area contributed by atoms with E-state index in [0.717, 1.165) is 38.0 Å². The van der Waals surface area contributed by atoms with Crippen LogP contribution in [0, 0.1) is 16.0 Å².